The number of amides is 1. The molecule has 0 unspecified atom stereocenters. The maximum atomic E-state index is 12.1. The summed E-state index contributed by atoms with van der Waals surface area (Å²) in [4.78, 5) is 13.9. The Kier molecular flexibility index (Phi) is 4.03. The van der Waals surface area contributed by atoms with Crippen LogP contribution in [0.25, 0.3) is 0 Å². The van der Waals surface area contributed by atoms with Gasteiger partial charge in [0.1, 0.15) is 5.76 Å². The monoisotopic (exact) mass is 243 g/mol. The standard InChI is InChI=1S/C12H18ClNO2/c1-5-14(12(2,3)4)11(15)10-7-6-9(8-13)16-10/h6-7H,5,8H2,1-4H3. The Morgan fingerprint density at radius 2 is 2.06 bits per heavy atom. The highest BCUT2D eigenvalue weighted by molar-refractivity contribution is 6.16. The highest BCUT2D eigenvalue weighted by Crippen LogP contribution is 2.19. The van der Waals surface area contributed by atoms with Gasteiger partial charge in [-0.25, -0.2) is 0 Å². The van der Waals surface area contributed by atoms with E-state index in [-0.39, 0.29) is 17.3 Å². The molecule has 4 heteroatoms. The molecule has 0 bridgehead atoms. The molecule has 0 radical (unpaired) electrons. The van der Waals surface area contributed by atoms with Crippen molar-refractivity contribution in [3.8, 4) is 0 Å². The van der Waals surface area contributed by atoms with Crippen molar-refractivity contribution in [1.82, 2.24) is 4.90 Å². The summed E-state index contributed by atoms with van der Waals surface area (Å²) in [6.45, 7) is 8.60. The zero-order valence-electron chi connectivity index (χ0n) is 10.2. The van der Waals surface area contributed by atoms with E-state index >= 15 is 0 Å². The molecule has 1 rings (SSSR count). The van der Waals surface area contributed by atoms with E-state index in [1.807, 2.05) is 27.7 Å². The van der Waals surface area contributed by atoms with Crippen molar-refractivity contribution < 1.29 is 9.21 Å². The molecule has 1 amide bonds. The maximum Gasteiger partial charge on any atom is 0.289 e. The molecule has 0 saturated heterocycles. The smallest absolute Gasteiger partial charge is 0.289 e. The van der Waals surface area contributed by atoms with Gasteiger partial charge in [0.05, 0.1) is 5.88 Å². The van der Waals surface area contributed by atoms with Crippen LogP contribution >= 0.6 is 11.6 Å². The third-order valence-electron chi connectivity index (χ3n) is 2.38. The van der Waals surface area contributed by atoms with Gasteiger partial charge < -0.3 is 9.32 Å². The molecule has 0 aromatic carbocycles. The first kappa shape index (κ1) is 13.1. The lowest BCUT2D eigenvalue weighted by molar-refractivity contribution is 0.0564. The van der Waals surface area contributed by atoms with E-state index in [0.717, 1.165) is 0 Å². The quantitative estimate of drug-likeness (QED) is 0.764. The van der Waals surface area contributed by atoms with Crippen LogP contribution in [0.3, 0.4) is 0 Å². The first-order valence-electron chi connectivity index (χ1n) is 5.36. The minimum absolute atomic E-state index is 0.0913. The Balaban J connectivity index is 2.91. The van der Waals surface area contributed by atoms with Gasteiger partial charge >= 0.3 is 0 Å². The number of carbonyl (C=O) groups is 1. The van der Waals surface area contributed by atoms with Crippen LogP contribution in [0.15, 0.2) is 16.5 Å². The summed E-state index contributed by atoms with van der Waals surface area (Å²) in [5, 5.41) is 0. The fourth-order valence-corrected chi connectivity index (χ4v) is 1.76. The lowest BCUT2D eigenvalue weighted by Crippen LogP contribution is -2.45. The van der Waals surface area contributed by atoms with E-state index < -0.39 is 0 Å². The predicted molar refractivity (Wildman–Crippen MR) is 64.7 cm³/mol. The number of hydrogen-bond acceptors (Lipinski definition) is 2. The van der Waals surface area contributed by atoms with Crippen molar-refractivity contribution >= 4 is 17.5 Å². The predicted octanol–water partition coefficient (Wildman–Crippen LogP) is 3.28. The Morgan fingerprint density at radius 1 is 1.44 bits per heavy atom. The van der Waals surface area contributed by atoms with Gasteiger partial charge in [0.25, 0.3) is 5.91 Å². The molecule has 0 aliphatic heterocycles. The average Bonchev–Trinajstić information content (AvgIpc) is 2.64. The molecule has 0 spiro atoms. The molecule has 1 aromatic rings. The lowest BCUT2D eigenvalue weighted by atomic mass is 10.1. The molecule has 0 aliphatic carbocycles. The number of rotatable bonds is 3. The van der Waals surface area contributed by atoms with Crippen LogP contribution in [0.2, 0.25) is 0 Å². The third-order valence-corrected chi connectivity index (χ3v) is 2.64. The number of furan rings is 1. The molecule has 0 atom stereocenters. The van der Waals surface area contributed by atoms with Crippen LogP contribution in [0.1, 0.15) is 44.0 Å². The zero-order valence-corrected chi connectivity index (χ0v) is 11.0. The molecule has 0 saturated carbocycles. The van der Waals surface area contributed by atoms with E-state index in [1.54, 1.807) is 17.0 Å². The van der Waals surface area contributed by atoms with Crippen LogP contribution < -0.4 is 0 Å². The fraction of sp³-hybridized carbons (Fsp3) is 0.583. The van der Waals surface area contributed by atoms with Gasteiger partial charge in [-0.1, -0.05) is 0 Å². The summed E-state index contributed by atoms with van der Waals surface area (Å²) in [6.07, 6.45) is 0. The number of alkyl halides is 1. The van der Waals surface area contributed by atoms with Crippen LogP contribution in [-0.2, 0) is 5.88 Å². The van der Waals surface area contributed by atoms with Crippen molar-refractivity contribution in [2.75, 3.05) is 6.54 Å². The number of carbonyl (C=O) groups excluding carboxylic acids is 1. The Labute approximate surface area is 101 Å². The summed E-state index contributed by atoms with van der Waals surface area (Å²) < 4.78 is 5.35. The van der Waals surface area contributed by atoms with Crippen LogP contribution in [0, 0.1) is 0 Å². The van der Waals surface area contributed by atoms with Crippen molar-refractivity contribution in [1.29, 1.82) is 0 Å². The summed E-state index contributed by atoms with van der Waals surface area (Å²) in [5.74, 6) is 1.17. The molecule has 0 aliphatic rings. The van der Waals surface area contributed by atoms with E-state index in [2.05, 4.69) is 0 Å². The van der Waals surface area contributed by atoms with Gasteiger partial charge in [0, 0.05) is 12.1 Å². The van der Waals surface area contributed by atoms with Gasteiger partial charge in [-0.2, -0.15) is 0 Å². The van der Waals surface area contributed by atoms with E-state index in [9.17, 15) is 4.79 Å². The normalized spacial score (nSPS) is 11.6. The molecule has 16 heavy (non-hydrogen) atoms. The van der Waals surface area contributed by atoms with Crippen LogP contribution in [-0.4, -0.2) is 22.9 Å². The fourth-order valence-electron chi connectivity index (χ4n) is 1.62. The van der Waals surface area contributed by atoms with Crippen molar-refractivity contribution in [2.45, 2.75) is 39.1 Å². The van der Waals surface area contributed by atoms with Gasteiger partial charge in [-0.15, -0.1) is 11.6 Å². The van der Waals surface area contributed by atoms with Crippen LogP contribution in [0.5, 0.6) is 0 Å². The largest absolute Gasteiger partial charge is 0.455 e. The second kappa shape index (κ2) is 4.91. The Morgan fingerprint density at radius 3 is 2.44 bits per heavy atom. The molecule has 0 fully saturated rings. The SMILES string of the molecule is CCN(C(=O)c1ccc(CCl)o1)C(C)(C)C. The van der Waals surface area contributed by atoms with Gasteiger partial charge in [-0.3, -0.25) is 4.79 Å². The first-order valence-corrected chi connectivity index (χ1v) is 5.90. The highest BCUT2D eigenvalue weighted by atomic mass is 35.5. The molecule has 3 nitrogen and oxygen atoms in total. The molecule has 0 N–H and O–H groups in total. The molecule has 90 valence electrons. The Hall–Kier alpha value is -0.960. The summed E-state index contributed by atoms with van der Waals surface area (Å²) in [5.41, 5.74) is -0.209. The van der Waals surface area contributed by atoms with Gasteiger partial charge in [-0.05, 0) is 39.8 Å². The highest BCUT2D eigenvalue weighted by Gasteiger charge is 2.27. The third kappa shape index (κ3) is 2.79. The summed E-state index contributed by atoms with van der Waals surface area (Å²) in [7, 11) is 0. The van der Waals surface area contributed by atoms with E-state index in [0.29, 0.717) is 18.1 Å². The topological polar surface area (TPSA) is 33.5 Å². The number of halogens is 1. The van der Waals surface area contributed by atoms with Crippen molar-refractivity contribution in [3.63, 3.8) is 0 Å². The van der Waals surface area contributed by atoms with Crippen LogP contribution in [0.4, 0.5) is 0 Å². The maximum absolute atomic E-state index is 12.1. The van der Waals surface area contributed by atoms with Crippen molar-refractivity contribution in [2.24, 2.45) is 0 Å². The second-order valence-corrected chi connectivity index (χ2v) is 4.89. The minimum Gasteiger partial charge on any atom is -0.455 e. The Bertz CT molecular complexity index is 365. The average molecular weight is 244 g/mol. The molecule has 1 heterocycles. The summed E-state index contributed by atoms with van der Waals surface area (Å²) in [6, 6.07) is 3.41. The lowest BCUT2D eigenvalue weighted by Gasteiger charge is -2.34. The first-order chi connectivity index (χ1) is 7.40. The van der Waals surface area contributed by atoms with E-state index in [1.165, 1.54) is 0 Å². The molecule has 1 aromatic heterocycles. The number of hydrogen-bond donors (Lipinski definition) is 0. The minimum atomic E-state index is -0.209. The summed E-state index contributed by atoms with van der Waals surface area (Å²) >= 11 is 5.63. The zero-order chi connectivity index (χ0) is 12.3. The van der Waals surface area contributed by atoms with Gasteiger partial charge in [0.15, 0.2) is 5.76 Å². The number of nitrogens with zero attached hydrogens (tertiary/aromatic N) is 1. The van der Waals surface area contributed by atoms with E-state index in [4.69, 9.17) is 16.0 Å². The van der Waals surface area contributed by atoms with Gasteiger partial charge in [0.2, 0.25) is 0 Å². The molecular formula is C12H18ClNO2. The van der Waals surface area contributed by atoms with Crippen molar-refractivity contribution in [3.05, 3.63) is 23.7 Å². The second-order valence-electron chi connectivity index (χ2n) is 4.62. The molecular weight excluding hydrogens is 226 g/mol.